The van der Waals surface area contributed by atoms with E-state index >= 15 is 0 Å². The molecule has 0 unspecified atom stereocenters. The molecule has 0 radical (unpaired) electrons. The Kier molecular flexibility index (Phi) is 4.74. The van der Waals surface area contributed by atoms with Crippen LogP contribution in [0.2, 0.25) is 0 Å². The fourth-order valence-corrected chi connectivity index (χ4v) is 2.52. The van der Waals surface area contributed by atoms with Crippen LogP contribution in [0.15, 0.2) is 36.5 Å². The molecule has 1 aliphatic heterocycles. The van der Waals surface area contributed by atoms with Gasteiger partial charge in [-0.1, -0.05) is 18.2 Å². The van der Waals surface area contributed by atoms with Crippen molar-refractivity contribution in [2.45, 2.75) is 6.92 Å². The molecule has 0 aliphatic carbocycles. The van der Waals surface area contributed by atoms with Crippen LogP contribution in [0.1, 0.15) is 17.4 Å². The second-order valence-electron chi connectivity index (χ2n) is 5.33. The lowest BCUT2D eigenvalue weighted by molar-refractivity contribution is 0.0565. The normalized spacial score (nSPS) is 14.5. The van der Waals surface area contributed by atoms with Gasteiger partial charge in [-0.25, -0.2) is 4.79 Å². The number of hydrogen-bond donors (Lipinski definition) is 0. The molecule has 3 rings (SSSR count). The maximum Gasteiger partial charge on any atom is 0.409 e. The molecule has 1 aromatic carbocycles. The Balaban J connectivity index is 1.62. The van der Waals surface area contributed by atoms with E-state index in [-0.39, 0.29) is 12.0 Å². The second kappa shape index (κ2) is 7.12. The average molecular weight is 329 g/mol. The molecule has 2 aromatic rings. The van der Waals surface area contributed by atoms with E-state index in [4.69, 9.17) is 4.74 Å². The molecule has 126 valence electrons. The third kappa shape index (κ3) is 3.37. The predicted octanol–water partition coefficient (Wildman–Crippen LogP) is 1.18. The van der Waals surface area contributed by atoms with Gasteiger partial charge in [0, 0.05) is 26.2 Å². The van der Waals surface area contributed by atoms with Crippen LogP contribution >= 0.6 is 0 Å². The zero-order chi connectivity index (χ0) is 16.9. The minimum Gasteiger partial charge on any atom is -0.450 e. The molecule has 8 nitrogen and oxygen atoms in total. The number of benzene rings is 1. The summed E-state index contributed by atoms with van der Waals surface area (Å²) in [5, 5.41) is 8.39. The van der Waals surface area contributed by atoms with Gasteiger partial charge in [0.05, 0.1) is 18.5 Å². The summed E-state index contributed by atoms with van der Waals surface area (Å²) in [6.07, 6.45) is 1.13. The van der Waals surface area contributed by atoms with Crippen LogP contribution in [0.4, 0.5) is 4.79 Å². The highest BCUT2D eigenvalue weighted by Gasteiger charge is 2.26. The van der Waals surface area contributed by atoms with Crippen LogP contribution in [0.5, 0.6) is 0 Å². The summed E-state index contributed by atoms with van der Waals surface area (Å²) >= 11 is 0. The zero-order valence-electron chi connectivity index (χ0n) is 13.5. The van der Waals surface area contributed by atoms with Gasteiger partial charge >= 0.3 is 6.09 Å². The van der Waals surface area contributed by atoms with Crippen molar-refractivity contribution in [1.29, 1.82) is 0 Å². The van der Waals surface area contributed by atoms with Crippen molar-refractivity contribution in [3.63, 3.8) is 0 Å². The van der Waals surface area contributed by atoms with Crippen molar-refractivity contribution >= 4 is 12.0 Å². The third-order valence-corrected chi connectivity index (χ3v) is 3.79. The van der Waals surface area contributed by atoms with E-state index in [1.807, 2.05) is 30.3 Å². The predicted molar refractivity (Wildman–Crippen MR) is 85.9 cm³/mol. The number of carbonyl (C=O) groups is 2. The van der Waals surface area contributed by atoms with E-state index in [0.717, 1.165) is 5.69 Å². The number of amides is 2. The monoisotopic (exact) mass is 329 g/mol. The molecule has 0 spiro atoms. The number of carbonyl (C=O) groups excluding carboxylic acids is 2. The fourth-order valence-electron chi connectivity index (χ4n) is 2.52. The number of rotatable bonds is 3. The molecule has 0 bridgehead atoms. The van der Waals surface area contributed by atoms with Gasteiger partial charge < -0.3 is 14.5 Å². The largest absolute Gasteiger partial charge is 0.450 e. The summed E-state index contributed by atoms with van der Waals surface area (Å²) in [5.74, 6) is -0.180. The number of para-hydroxylation sites is 1. The van der Waals surface area contributed by atoms with Gasteiger partial charge in [-0.2, -0.15) is 9.90 Å². The van der Waals surface area contributed by atoms with Crippen molar-refractivity contribution in [1.82, 2.24) is 24.8 Å². The number of nitrogens with zero attached hydrogens (tertiary/aromatic N) is 5. The summed E-state index contributed by atoms with van der Waals surface area (Å²) in [4.78, 5) is 28.9. The van der Waals surface area contributed by atoms with Crippen molar-refractivity contribution in [2.75, 3.05) is 32.8 Å². The standard InChI is InChI=1S/C16H19N5O3/c1-2-24-16(23)20-10-8-19(9-11-20)15(22)14-12-17-21(18-14)13-6-4-3-5-7-13/h3-7,12H,2,8-11H2,1H3. The Hall–Kier alpha value is -2.90. The number of hydrogen-bond acceptors (Lipinski definition) is 5. The van der Waals surface area contributed by atoms with E-state index in [2.05, 4.69) is 10.2 Å². The summed E-state index contributed by atoms with van der Waals surface area (Å²) in [6.45, 7) is 3.94. The highest BCUT2D eigenvalue weighted by molar-refractivity contribution is 5.92. The Labute approximate surface area is 139 Å². The second-order valence-corrected chi connectivity index (χ2v) is 5.33. The van der Waals surface area contributed by atoms with Crippen LogP contribution < -0.4 is 0 Å². The molecule has 1 aliphatic rings. The quantitative estimate of drug-likeness (QED) is 0.845. The highest BCUT2D eigenvalue weighted by atomic mass is 16.6. The van der Waals surface area contributed by atoms with Gasteiger partial charge in [0.15, 0.2) is 5.69 Å². The van der Waals surface area contributed by atoms with Crippen molar-refractivity contribution in [3.8, 4) is 5.69 Å². The summed E-state index contributed by atoms with van der Waals surface area (Å²) in [5.41, 5.74) is 1.09. The van der Waals surface area contributed by atoms with E-state index in [9.17, 15) is 9.59 Å². The van der Waals surface area contributed by atoms with Crippen LogP contribution in [0.3, 0.4) is 0 Å². The first-order valence-corrected chi connectivity index (χ1v) is 7.88. The first kappa shape index (κ1) is 16.0. The molecule has 1 aromatic heterocycles. The third-order valence-electron chi connectivity index (χ3n) is 3.79. The molecule has 0 saturated carbocycles. The van der Waals surface area contributed by atoms with E-state index in [1.54, 1.807) is 16.7 Å². The van der Waals surface area contributed by atoms with Gasteiger partial charge in [0.2, 0.25) is 0 Å². The minimum atomic E-state index is -0.334. The molecule has 2 amide bonds. The van der Waals surface area contributed by atoms with Crippen LogP contribution in [0, 0.1) is 0 Å². The van der Waals surface area contributed by atoms with E-state index in [0.29, 0.717) is 38.5 Å². The van der Waals surface area contributed by atoms with E-state index < -0.39 is 0 Å². The highest BCUT2D eigenvalue weighted by Crippen LogP contribution is 2.09. The van der Waals surface area contributed by atoms with Crippen molar-refractivity contribution in [2.24, 2.45) is 0 Å². The van der Waals surface area contributed by atoms with Crippen LogP contribution in [0.25, 0.3) is 5.69 Å². The average Bonchev–Trinajstić information content (AvgIpc) is 3.12. The van der Waals surface area contributed by atoms with Crippen LogP contribution in [-0.2, 0) is 4.74 Å². The summed E-state index contributed by atoms with van der Waals surface area (Å²) in [7, 11) is 0. The van der Waals surface area contributed by atoms with Crippen LogP contribution in [-0.4, -0.2) is 69.6 Å². The Bertz CT molecular complexity index is 708. The lowest BCUT2D eigenvalue weighted by atomic mass is 10.3. The molecular weight excluding hydrogens is 310 g/mol. The number of aromatic nitrogens is 3. The first-order chi connectivity index (χ1) is 11.7. The van der Waals surface area contributed by atoms with Crippen molar-refractivity contribution in [3.05, 3.63) is 42.2 Å². The molecule has 0 atom stereocenters. The summed E-state index contributed by atoms with van der Waals surface area (Å²) in [6, 6.07) is 9.41. The SMILES string of the molecule is CCOC(=O)N1CCN(C(=O)c2cnn(-c3ccccc3)n2)CC1. The molecule has 1 fully saturated rings. The topological polar surface area (TPSA) is 80.6 Å². The first-order valence-electron chi connectivity index (χ1n) is 7.88. The molecule has 0 N–H and O–H groups in total. The van der Waals surface area contributed by atoms with Gasteiger partial charge in [0.1, 0.15) is 0 Å². The fraction of sp³-hybridized carbons (Fsp3) is 0.375. The Morgan fingerprint density at radius 1 is 1.08 bits per heavy atom. The molecule has 2 heterocycles. The molecule has 24 heavy (non-hydrogen) atoms. The van der Waals surface area contributed by atoms with Gasteiger partial charge in [-0.15, -0.1) is 5.10 Å². The minimum absolute atomic E-state index is 0.180. The molecule has 8 heteroatoms. The smallest absolute Gasteiger partial charge is 0.409 e. The maximum absolute atomic E-state index is 12.5. The van der Waals surface area contributed by atoms with Crippen molar-refractivity contribution < 1.29 is 14.3 Å². The molecular formula is C16H19N5O3. The number of piperazine rings is 1. The summed E-state index contributed by atoms with van der Waals surface area (Å²) < 4.78 is 4.97. The zero-order valence-corrected chi connectivity index (χ0v) is 13.5. The van der Waals surface area contributed by atoms with Gasteiger partial charge in [0.25, 0.3) is 5.91 Å². The Morgan fingerprint density at radius 2 is 1.75 bits per heavy atom. The van der Waals surface area contributed by atoms with Gasteiger partial charge in [-0.05, 0) is 19.1 Å². The number of ether oxygens (including phenoxy) is 1. The van der Waals surface area contributed by atoms with Gasteiger partial charge in [-0.3, -0.25) is 4.79 Å². The lowest BCUT2D eigenvalue weighted by Gasteiger charge is -2.33. The van der Waals surface area contributed by atoms with E-state index in [1.165, 1.54) is 11.0 Å². The maximum atomic E-state index is 12.5. The molecule has 1 saturated heterocycles. The Morgan fingerprint density at radius 3 is 2.42 bits per heavy atom. The lowest BCUT2D eigenvalue weighted by Crippen LogP contribution is -2.50.